The number of unbranched alkanes of at least 4 members (excludes halogenated alkanes) is 3. The van der Waals surface area contributed by atoms with E-state index in [2.05, 4.69) is 5.32 Å². The Labute approximate surface area is 142 Å². The van der Waals surface area contributed by atoms with Crippen LogP contribution in [0.3, 0.4) is 0 Å². The third-order valence-corrected chi connectivity index (χ3v) is 3.84. The number of aliphatic carboxylic acids is 1. The third kappa shape index (κ3) is 7.76. The normalized spacial score (nSPS) is 11.5. The zero-order chi connectivity index (χ0) is 17.8. The van der Waals surface area contributed by atoms with E-state index in [0.29, 0.717) is 25.8 Å². The number of carbonyl (C=O) groups excluding carboxylic acids is 2. The summed E-state index contributed by atoms with van der Waals surface area (Å²) in [5.74, 6) is -0.898. The van der Waals surface area contributed by atoms with Gasteiger partial charge < -0.3 is 15.3 Å². The van der Waals surface area contributed by atoms with E-state index >= 15 is 0 Å². The summed E-state index contributed by atoms with van der Waals surface area (Å²) in [6.07, 6.45) is 4.37. The Hall–Kier alpha value is -2.37. The van der Waals surface area contributed by atoms with Gasteiger partial charge in [0.05, 0.1) is 0 Å². The maximum Gasteiger partial charge on any atom is 0.303 e. The molecule has 6 nitrogen and oxygen atoms in total. The molecule has 0 fully saturated rings. The van der Waals surface area contributed by atoms with Crippen molar-refractivity contribution in [3.8, 4) is 0 Å². The molecule has 1 aromatic rings. The molecule has 1 atom stereocenters. The number of amides is 2. The summed E-state index contributed by atoms with van der Waals surface area (Å²) >= 11 is 0. The van der Waals surface area contributed by atoms with E-state index in [0.717, 1.165) is 24.8 Å². The van der Waals surface area contributed by atoms with Gasteiger partial charge in [-0.15, -0.1) is 0 Å². The minimum atomic E-state index is -0.784. The maximum atomic E-state index is 12.5. The highest BCUT2D eigenvalue weighted by atomic mass is 16.4. The van der Waals surface area contributed by atoms with Crippen molar-refractivity contribution in [2.24, 2.45) is 0 Å². The Morgan fingerprint density at radius 3 is 2.46 bits per heavy atom. The number of carboxylic acids is 1. The molecule has 2 amide bonds. The van der Waals surface area contributed by atoms with Gasteiger partial charge in [0.2, 0.25) is 12.3 Å². The molecule has 1 unspecified atom stereocenters. The lowest BCUT2D eigenvalue weighted by atomic mass is 10.0. The van der Waals surface area contributed by atoms with Crippen molar-refractivity contribution < 1.29 is 19.5 Å². The van der Waals surface area contributed by atoms with Crippen molar-refractivity contribution in [3.63, 3.8) is 0 Å². The van der Waals surface area contributed by atoms with Gasteiger partial charge in [0.15, 0.2) is 0 Å². The minimum Gasteiger partial charge on any atom is -0.481 e. The summed E-state index contributed by atoms with van der Waals surface area (Å²) in [5.41, 5.74) is 1.03. The Kier molecular flexibility index (Phi) is 9.19. The highest BCUT2D eigenvalue weighted by molar-refractivity contribution is 5.83. The van der Waals surface area contributed by atoms with Gasteiger partial charge in [-0.05, 0) is 18.4 Å². The summed E-state index contributed by atoms with van der Waals surface area (Å²) in [4.78, 5) is 35.3. The van der Waals surface area contributed by atoms with E-state index in [1.807, 2.05) is 30.3 Å². The van der Waals surface area contributed by atoms with Gasteiger partial charge in [-0.1, -0.05) is 49.6 Å². The molecule has 0 spiro atoms. The van der Waals surface area contributed by atoms with Crippen LogP contribution in [0.4, 0.5) is 0 Å². The van der Waals surface area contributed by atoms with E-state index in [4.69, 9.17) is 5.11 Å². The van der Waals surface area contributed by atoms with Crippen LogP contribution in [-0.4, -0.2) is 41.4 Å². The maximum absolute atomic E-state index is 12.5. The zero-order valence-electron chi connectivity index (χ0n) is 14.1. The topological polar surface area (TPSA) is 86.7 Å². The molecule has 132 valence electrons. The smallest absolute Gasteiger partial charge is 0.303 e. The standard InChI is InChI=1S/C18H26N2O4/c1-20(13-15-9-5-4-6-10-15)18(24)16(19-14-21)11-7-2-3-8-12-17(22)23/h4-6,9-10,14,16H,2-3,7-8,11-13H2,1H3,(H,19,21)(H,22,23). The van der Waals surface area contributed by atoms with Gasteiger partial charge in [-0.25, -0.2) is 0 Å². The number of hydrogen-bond acceptors (Lipinski definition) is 3. The molecule has 0 aliphatic heterocycles. The first-order valence-electron chi connectivity index (χ1n) is 8.25. The molecule has 1 aromatic carbocycles. The number of nitrogens with one attached hydrogen (secondary N) is 1. The van der Waals surface area contributed by atoms with E-state index in [1.54, 1.807) is 11.9 Å². The summed E-state index contributed by atoms with van der Waals surface area (Å²) in [7, 11) is 1.72. The molecule has 2 N–H and O–H groups in total. The SMILES string of the molecule is CN(Cc1ccccc1)C(=O)C(CCCCCCC(=O)O)NC=O. The first-order chi connectivity index (χ1) is 11.5. The Morgan fingerprint density at radius 2 is 1.83 bits per heavy atom. The number of carboxylic acid groups (broad SMARTS) is 1. The number of rotatable bonds is 12. The number of nitrogens with zero attached hydrogens (tertiary/aromatic N) is 1. The molecule has 0 aliphatic rings. The molecule has 0 aliphatic carbocycles. The fraction of sp³-hybridized carbons (Fsp3) is 0.500. The zero-order valence-corrected chi connectivity index (χ0v) is 14.1. The molecule has 0 aromatic heterocycles. The Bertz CT molecular complexity index is 519. The molecule has 0 radical (unpaired) electrons. The van der Waals surface area contributed by atoms with Crippen LogP contribution in [0.1, 0.15) is 44.1 Å². The van der Waals surface area contributed by atoms with Crippen LogP contribution in [0.25, 0.3) is 0 Å². The highest BCUT2D eigenvalue weighted by Crippen LogP contribution is 2.10. The van der Waals surface area contributed by atoms with Gasteiger partial charge in [0.25, 0.3) is 0 Å². The second-order valence-corrected chi connectivity index (χ2v) is 5.86. The van der Waals surface area contributed by atoms with Crippen LogP contribution in [-0.2, 0) is 20.9 Å². The first-order valence-corrected chi connectivity index (χ1v) is 8.25. The molecule has 6 heteroatoms. The molecule has 0 saturated heterocycles. The molecule has 0 bridgehead atoms. The van der Waals surface area contributed by atoms with Crippen molar-refractivity contribution in [2.45, 2.75) is 51.1 Å². The van der Waals surface area contributed by atoms with Gasteiger partial charge in [0, 0.05) is 20.0 Å². The second kappa shape index (κ2) is 11.2. The van der Waals surface area contributed by atoms with E-state index < -0.39 is 12.0 Å². The van der Waals surface area contributed by atoms with Crippen LogP contribution in [0.2, 0.25) is 0 Å². The lowest BCUT2D eigenvalue weighted by Gasteiger charge is -2.23. The van der Waals surface area contributed by atoms with Crippen molar-refractivity contribution in [3.05, 3.63) is 35.9 Å². The Morgan fingerprint density at radius 1 is 1.17 bits per heavy atom. The lowest BCUT2D eigenvalue weighted by molar-refractivity contribution is -0.137. The number of carbonyl (C=O) groups is 3. The van der Waals surface area contributed by atoms with Crippen LogP contribution >= 0.6 is 0 Å². The quantitative estimate of drug-likeness (QED) is 0.453. The monoisotopic (exact) mass is 334 g/mol. The van der Waals surface area contributed by atoms with Gasteiger partial charge >= 0.3 is 5.97 Å². The van der Waals surface area contributed by atoms with Gasteiger partial charge in [0.1, 0.15) is 6.04 Å². The van der Waals surface area contributed by atoms with Crippen LogP contribution in [0.15, 0.2) is 30.3 Å². The first kappa shape index (κ1) is 19.7. The average Bonchev–Trinajstić information content (AvgIpc) is 2.57. The number of likely N-dealkylation sites (N-methyl/N-ethyl adjacent to an activating group) is 1. The molecule has 0 saturated carbocycles. The molecule has 24 heavy (non-hydrogen) atoms. The van der Waals surface area contributed by atoms with Crippen LogP contribution < -0.4 is 5.32 Å². The molecular weight excluding hydrogens is 308 g/mol. The van der Waals surface area contributed by atoms with Crippen LogP contribution in [0.5, 0.6) is 0 Å². The van der Waals surface area contributed by atoms with E-state index in [-0.39, 0.29) is 12.3 Å². The van der Waals surface area contributed by atoms with Gasteiger partial charge in [-0.3, -0.25) is 14.4 Å². The summed E-state index contributed by atoms with van der Waals surface area (Å²) in [6, 6.07) is 9.14. The third-order valence-electron chi connectivity index (χ3n) is 3.84. The van der Waals surface area contributed by atoms with Crippen molar-refractivity contribution >= 4 is 18.3 Å². The number of hydrogen-bond donors (Lipinski definition) is 2. The van der Waals surface area contributed by atoms with E-state index in [1.165, 1.54) is 0 Å². The van der Waals surface area contributed by atoms with Crippen molar-refractivity contribution in [2.75, 3.05) is 7.05 Å². The fourth-order valence-electron chi connectivity index (χ4n) is 2.54. The van der Waals surface area contributed by atoms with Gasteiger partial charge in [-0.2, -0.15) is 0 Å². The Balaban J connectivity index is 2.40. The van der Waals surface area contributed by atoms with Crippen molar-refractivity contribution in [1.29, 1.82) is 0 Å². The van der Waals surface area contributed by atoms with Crippen molar-refractivity contribution in [1.82, 2.24) is 10.2 Å². The lowest BCUT2D eigenvalue weighted by Crippen LogP contribution is -2.44. The molecule has 1 rings (SSSR count). The fourth-order valence-corrected chi connectivity index (χ4v) is 2.54. The number of benzene rings is 1. The predicted octanol–water partition coefficient (Wildman–Crippen LogP) is 2.18. The largest absolute Gasteiger partial charge is 0.481 e. The molecule has 0 heterocycles. The average molecular weight is 334 g/mol. The minimum absolute atomic E-state index is 0.114. The summed E-state index contributed by atoms with van der Waals surface area (Å²) in [5, 5.41) is 11.2. The summed E-state index contributed by atoms with van der Waals surface area (Å²) in [6.45, 7) is 0.495. The van der Waals surface area contributed by atoms with Crippen LogP contribution in [0, 0.1) is 0 Å². The summed E-state index contributed by atoms with van der Waals surface area (Å²) < 4.78 is 0. The van der Waals surface area contributed by atoms with E-state index in [9.17, 15) is 14.4 Å². The second-order valence-electron chi connectivity index (χ2n) is 5.86. The molecular formula is C18H26N2O4. The predicted molar refractivity (Wildman–Crippen MR) is 91.2 cm³/mol. The highest BCUT2D eigenvalue weighted by Gasteiger charge is 2.21.